The Morgan fingerprint density at radius 2 is 2.00 bits per heavy atom. The fraction of sp³-hybridized carbons (Fsp3) is 0. The minimum Gasteiger partial charge on any atom is -0.228 e. The van der Waals surface area contributed by atoms with Crippen LogP contribution < -0.4 is 0 Å². The number of halogens is 2. The van der Waals surface area contributed by atoms with Crippen molar-refractivity contribution in [3.8, 4) is 11.4 Å². The number of para-hydroxylation sites is 1. The Morgan fingerprint density at radius 3 is 2.76 bits per heavy atom. The molecule has 84 valence electrons. The van der Waals surface area contributed by atoms with Crippen molar-refractivity contribution in [1.29, 1.82) is 0 Å². The van der Waals surface area contributed by atoms with Crippen molar-refractivity contribution >= 4 is 49.8 Å². The number of thiophene rings is 1. The molecule has 0 saturated carbocycles. The smallest absolute Gasteiger partial charge is 0.162 e. The van der Waals surface area contributed by atoms with Crippen LogP contribution in [0.2, 0.25) is 5.15 Å². The average Bonchev–Trinajstić information content (AvgIpc) is 2.76. The third-order valence-electron chi connectivity index (χ3n) is 2.38. The van der Waals surface area contributed by atoms with E-state index in [4.69, 9.17) is 11.6 Å². The van der Waals surface area contributed by atoms with Crippen molar-refractivity contribution in [3.63, 3.8) is 0 Å². The van der Waals surface area contributed by atoms with Crippen LogP contribution in [0.25, 0.3) is 22.3 Å². The van der Waals surface area contributed by atoms with Gasteiger partial charge in [-0.25, -0.2) is 9.97 Å². The summed E-state index contributed by atoms with van der Waals surface area (Å²) in [4.78, 5) is 8.83. The Bertz CT molecular complexity index is 696. The molecule has 17 heavy (non-hydrogen) atoms. The van der Waals surface area contributed by atoms with Crippen LogP contribution in [0.3, 0.4) is 0 Å². The van der Waals surface area contributed by atoms with Gasteiger partial charge >= 0.3 is 0 Å². The Kier molecular flexibility index (Phi) is 2.86. The number of aromatic nitrogens is 2. The van der Waals surface area contributed by atoms with Gasteiger partial charge in [-0.3, -0.25) is 0 Å². The molecule has 0 radical (unpaired) electrons. The van der Waals surface area contributed by atoms with Crippen molar-refractivity contribution in [1.82, 2.24) is 9.97 Å². The van der Waals surface area contributed by atoms with E-state index in [1.807, 2.05) is 35.7 Å². The molecule has 3 aromatic rings. The van der Waals surface area contributed by atoms with Crippen LogP contribution in [0.15, 0.2) is 39.5 Å². The molecule has 5 heteroatoms. The number of hydrogen-bond acceptors (Lipinski definition) is 3. The standard InChI is InChI=1S/C12H6BrClN2S/c13-10-5-7(6-17-10)12-15-9-4-2-1-3-8(9)11(14)16-12/h1-6H. The predicted molar refractivity (Wildman–Crippen MR) is 75.6 cm³/mol. The molecule has 0 atom stereocenters. The molecule has 0 unspecified atom stereocenters. The Balaban J connectivity index is 2.25. The van der Waals surface area contributed by atoms with E-state index in [1.54, 1.807) is 11.3 Å². The van der Waals surface area contributed by atoms with Crippen LogP contribution >= 0.6 is 38.9 Å². The van der Waals surface area contributed by atoms with Gasteiger partial charge in [0.15, 0.2) is 5.82 Å². The Morgan fingerprint density at radius 1 is 1.18 bits per heavy atom. The number of rotatable bonds is 1. The second-order valence-corrected chi connectivity index (χ2v) is 6.14. The molecule has 2 nitrogen and oxygen atoms in total. The molecule has 0 spiro atoms. The molecule has 0 bridgehead atoms. The Hall–Kier alpha value is -0.970. The zero-order valence-electron chi connectivity index (χ0n) is 8.52. The van der Waals surface area contributed by atoms with Crippen LogP contribution in [0.1, 0.15) is 0 Å². The molecule has 1 aromatic carbocycles. The zero-order valence-corrected chi connectivity index (χ0v) is 11.7. The molecular weight excluding hydrogens is 320 g/mol. The molecule has 0 fully saturated rings. The van der Waals surface area contributed by atoms with E-state index in [9.17, 15) is 0 Å². The van der Waals surface area contributed by atoms with E-state index < -0.39 is 0 Å². The SMILES string of the molecule is Clc1nc(-c2csc(Br)c2)nc2ccccc12. The monoisotopic (exact) mass is 324 g/mol. The van der Waals surface area contributed by atoms with Crippen molar-refractivity contribution in [2.75, 3.05) is 0 Å². The quantitative estimate of drug-likeness (QED) is 0.602. The second kappa shape index (κ2) is 4.37. The molecule has 2 heterocycles. The molecule has 0 saturated heterocycles. The summed E-state index contributed by atoms with van der Waals surface area (Å²) in [5.41, 5.74) is 1.85. The fourth-order valence-corrected chi connectivity index (χ4v) is 2.97. The first kappa shape index (κ1) is 11.1. The third-order valence-corrected chi connectivity index (χ3v) is 4.17. The number of benzene rings is 1. The Labute approximate surface area is 115 Å². The number of hydrogen-bond donors (Lipinski definition) is 0. The first-order chi connectivity index (χ1) is 8.24. The number of nitrogens with zero attached hydrogens (tertiary/aromatic N) is 2. The van der Waals surface area contributed by atoms with Gasteiger partial charge in [0.25, 0.3) is 0 Å². The van der Waals surface area contributed by atoms with Crippen LogP contribution in [0, 0.1) is 0 Å². The van der Waals surface area contributed by atoms with Crippen LogP contribution in [0.4, 0.5) is 0 Å². The van der Waals surface area contributed by atoms with E-state index >= 15 is 0 Å². The van der Waals surface area contributed by atoms with Gasteiger partial charge in [0.05, 0.1) is 9.30 Å². The van der Waals surface area contributed by atoms with E-state index in [2.05, 4.69) is 25.9 Å². The average molecular weight is 326 g/mol. The van der Waals surface area contributed by atoms with Crippen LogP contribution in [-0.4, -0.2) is 9.97 Å². The van der Waals surface area contributed by atoms with Crippen LogP contribution in [0.5, 0.6) is 0 Å². The summed E-state index contributed by atoms with van der Waals surface area (Å²) in [5, 5.41) is 3.38. The maximum Gasteiger partial charge on any atom is 0.162 e. The summed E-state index contributed by atoms with van der Waals surface area (Å²) in [5.74, 6) is 0.663. The maximum absolute atomic E-state index is 6.16. The molecule has 0 aliphatic rings. The highest BCUT2D eigenvalue weighted by atomic mass is 79.9. The van der Waals surface area contributed by atoms with Crippen LogP contribution in [-0.2, 0) is 0 Å². The van der Waals surface area contributed by atoms with Gasteiger partial charge < -0.3 is 0 Å². The lowest BCUT2D eigenvalue weighted by Gasteiger charge is -2.02. The highest BCUT2D eigenvalue weighted by Gasteiger charge is 2.08. The second-order valence-electron chi connectivity index (χ2n) is 3.49. The first-order valence-corrected chi connectivity index (χ1v) is 6.96. The summed E-state index contributed by atoms with van der Waals surface area (Å²) in [6.45, 7) is 0. The fourth-order valence-electron chi connectivity index (χ4n) is 1.59. The van der Waals surface area contributed by atoms with Crippen molar-refractivity contribution in [2.45, 2.75) is 0 Å². The van der Waals surface area contributed by atoms with Gasteiger partial charge in [-0.05, 0) is 34.1 Å². The lowest BCUT2D eigenvalue weighted by Crippen LogP contribution is -1.90. The minimum absolute atomic E-state index is 0.493. The summed E-state index contributed by atoms with van der Waals surface area (Å²) < 4.78 is 1.06. The van der Waals surface area contributed by atoms with E-state index in [1.165, 1.54) is 0 Å². The maximum atomic E-state index is 6.16. The highest BCUT2D eigenvalue weighted by molar-refractivity contribution is 9.11. The topological polar surface area (TPSA) is 25.8 Å². The van der Waals surface area contributed by atoms with E-state index in [-0.39, 0.29) is 0 Å². The predicted octanol–water partition coefficient (Wildman–Crippen LogP) is 4.77. The van der Waals surface area contributed by atoms with Gasteiger partial charge in [-0.2, -0.15) is 0 Å². The highest BCUT2D eigenvalue weighted by Crippen LogP contribution is 2.29. The molecule has 0 aliphatic heterocycles. The van der Waals surface area contributed by atoms with Gasteiger partial charge in [0, 0.05) is 16.3 Å². The molecule has 2 aromatic heterocycles. The molecular formula is C12H6BrClN2S. The molecule has 0 aliphatic carbocycles. The summed E-state index contributed by atoms with van der Waals surface area (Å²) in [7, 11) is 0. The molecule has 0 amide bonds. The minimum atomic E-state index is 0.493. The largest absolute Gasteiger partial charge is 0.228 e. The summed E-state index contributed by atoms with van der Waals surface area (Å²) in [6.07, 6.45) is 0. The molecule has 0 N–H and O–H groups in total. The van der Waals surface area contributed by atoms with E-state index in [0.29, 0.717) is 11.0 Å². The van der Waals surface area contributed by atoms with E-state index in [0.717, 1.165) is 20.3 Å². The summed E-state index contributed by atoms with van der Waals surface area (Å²) >= 11 is 11.2. The zero-order chi connectivity index (χ0) is 11.8. The normalized spacial score (nSPS) is 10.9. The first-order valence-electron chi connectivity index (χ1n) is 4.91. The number of fused-ring (bicyclic) bond motifs is 1. The van der Waals surface area contributed by atoms with Gasteiger partial charge in [-0.15, -0.1) is 11.3 Å². The van der Waals surface area contributed by atoms with Gasteiger partial charge in [-0.1, -0.05) is 23.7 Å². The van der Waals surface area contributed by atoms with Gasteiger partial charge in [0.1, 0.15) is 5.15 Å². The van der Waals surface area contributed by atoms with Crippen molar-refractivity contribution in [3.05, 3.63) is 44.7 Å². The van der Waals surface area contributed by atoms with Crippen molar-refractivity contribution < 1.29 is 0 Å². The lowest BCUT2D eigenvalue weighted by molar-refractivity contribution is 1.23. The van der Waals surface area contributed by atoms with Crippen molar-refractivity contribution in [2.24, 2.45) is 0 Å². The van der Waals surface area contributed by atoms with Gasteiger partial charge in [0.2, 0.25) is 0 Å². The summed E-state index contributed by atoms with van der Waals surface area (Å²) in [6, 6.07) is 9.72. The third kappa shape index (κ3) is 2.08. The lowest BCUT2D eigenvalue weighted by atomic mass is 10.2. The molecule has 3 rings (SSSR count).